The van der Waals surface area contributed by atoms with E-state index in [2.05, 4.69) is 31.9 Å². The summed E-state index contributed by atoms with van der Waals surface area (Å²) >= 11 is 6.28. The molecule has 2 aromatic rings. The van der Waals surface area contributed by atoms with E-state index in [-0.39, 0.29) is 11.5 Å². The van der Waals surface area contributed by atoms with Gasteiger partial charge >= 0.3 is 7.69 Å². The van der Waals surface area contributed by atoms with Crippen molar-refractivity contribution in [3.8, 4) is 11.5 Å². The average Bonchev–Trinajstić information content (AvgIpc) is 2.26. The van der Waals surface area contributed by atoms with E-state index in [1.165, 1.54) is 24.3 Å². The third-order valence-corrected chi connectivity index (χ3v) is 2.96. The topological polar surface area (TPSA) is 18.5 Å². The minimum atomic E-state index is -0.439. The van der Waals surface area contributed by atoms with Crippen molar-refractivity contribution >= 4 is 39.5 Å². The first kappa shape index (κ1) is 14.3. The number of halogens is 4. The summed E-state index contributed by atoms with van der Waals surface area (Å²) in [4.78, 5) is 0. The van der Waals surface area contributed by atoms with Crippen LogP contribution < -0.4 is 9.31 Å². The van der Waals surface area contributed by atoms with Crippen LogP contribution in [0.2, 0.25) is 0 Å². The molecule has 7 heteroatoms. The van der Waals surface area contributed by atoms with Crippen LogP contribution in [0.4, 0.5) is 8.78 Å². The standard InChI is InChI=1S/C12H6BBr2F2O2/c14-7-1-9(16)5-11(3-7)18-13-19-12-4-8(15)2-10(17)6-12/h1-6H. The monoisotopic (exact) mass is 389 g/mol. The van der Waals surface area contributed by atoms with E-state index in [4.69, 9.17) is 9.31 Å². The fraction of sp³-hybridized carbons (Fsp3) is 0. The average molecular weight is 391 g/mol. The zero-order valence-corrected chi connectivity index (χ0v) is 12.5. The van der Waals surface area contributed by atoms with E-state index in [9.17, 15) is 8.78 Å². The highest BCUT2D eigenvalue weighted by Crippen LogP contribution is 2.22. The normalized spacial score (nSPS) is 10.1. The molecule has 2 rings (SSSR count). The van der Waals surface area contributed by atoms with Gasteiger partial charge in [-0.3, -0.25) is 0 Å². The molecular formula is C12H6BBr2F2O2. The van der Waals surface area contributed by atoms with Gasteiger partial charge in [0.05, 0.1) is 0 Å². The Bertz CT molecular complexity index is 504. The number of hydrogen-bond donors (Lipinski definition) is 0. The fourth-order valence-electron chi connectivity index (χ4n) is 1.33. The molecule has 0 N–H and O–H groups in total. The molecule has 0 spiro atoms. The maximum absolute atomic E-state index is 13.1. The molecule has 1 radical (unpaired) electrons. The van der Waals surface area contributed by atoms with Gasteiger partial charge in [-0.25, -0.2) is 8.78 Å². The first-order valence-electron chi connectivity index (χ1n) is 5.10. The second-order valence-corrected chi connectivity index (χ2v) is 5.37. The van der Waals surface area contributed by atoms with Gasteiger partial charge in [-0.1, -0.05) is 31.9 Å². The fourth-order valence-corrected chi connectivity index (χ4v) is 2.22. The molecule has 0 aliphatic rings. The molecular weight excluding hydrogens is 385 g/mol. The van der Waals surface area contributed by atoms with Crippen molar-refractivity contribution in [1.29, 1.82) is 0 Å². The Labute approximate surface area is 126 Å². The van der Waals surface area contributed by atoms with Crippen LogP contribution in [0.5, 0.6) is 11.5 Å². The lowest BCUT2D eigenvalue weighted by molar-refractivity contribution is 0.453. The van der Waals surface area contributed by atoms with E-state index in [0.29, 0.717) is 8.95 Å². The van der Waals surface area contributed by atoms with E-state index in [1.807, 2.05) is 0 Å². The highest BCUT2D eigenvalue weighted by atomic mass is 79.9. The van der Waals surface area contributed by atoms with E-state index < -0.39 is 11.6 Å². The second kappa shape index (κ2) is 6.39. The number of benzene rings is 2. The quantitative estimate of drug-likeness (QED) is 0.716. The Balaban J connectivity index is 1.96. The predicted octanol–water partition coefficient (Wildman–Crippen LogP) is 4.48. The summed E-state index contributed by atoms with van der Waals surface area (Å²) in [5.74, 6) is -0.345. The molecule has 0 saturated carbocycles. The van der Waals surface area contributed by atoms with Crippen LogP contribution in [0.3, 0.4) is 0 Å². The maximum Gasteiger partial charge on any atom is 0.658 e. The van der Waals surface area contributed by atoms with Crippen molar-refractivity contribution in [2.45, 2.75) is 0 Å². The largest absolute Gasteiger partial charge is 0.658 e. The minimum Gasteiger partial charge on any atom is -0.526 e. The zero-order chi connectivity index (χ0) is 13.8. The van der Waals surface area contributed by atoms with Crippen molar-refractivity contribution in [3.05, 3.63) is 57.0 Å². The van der Waals surface area contributed by atoms with Gasteiger partial charge < -0.3 is 9.31 Å². The molecule has 0 aromatic heterocycles. The summed E-state index contributed by atoms with van der Waals surface area (Å²) in [6, 6.07) is 8.15. The molecule has 0 aliphatic carbocycles. The van der Waals surface area contributed by atoms with Gasteiger partial charge in [0.15, 0.2) is 0 Å². The predicted molar refractivity (Wildman–Crippen MR) is 75.2 cm³/mol. The lowest BCUT2D eigenvalue weighted by Gasteiger charge is -2.07. The number of hydrogen-bond acceptors (Lipinski definition) is 2. The van der Waals surface area contributed by atoms with Crippen molar-refractivity contribution in [3.63, 3.8) is 0 Å². The first-order chi connectivity index (χ1) is 9.02. The lowest BCUT2D eigenvalue weighted by atomic mass is 10.3. The molecule has 0 heterocycles. The molecule has 0 saturated heterocycles. The highest BCUT2D eigenvalue weighted by Gasteiger charge is 2.06. The highest BCUT2D eigenvalue weighted by molar-refractivity contribution is 9.10. The smallest absolute Gasteiger partial charge is 0.526 e. The van der Waals surface area contributed by atoms with Gasteiger partial charge in [0.2, 0.25) is 0 Å². The summed E-state index contributed by atoms with van der Waals surface area (Å²) < 4.78 is 37.4. The molecule has 0 amide bonds. The van der Waals surface area contributed by atoms with Gasteiger partial charge in [0, 0.05) is 21.1 Å². The Morgan fingerprint density at radius 1 is 0.737 bits per heavy atom. The van der Waals surface area contributed by atoms with Crippen LogP contribution in [0.25, 0.3) is 0 Å². The third kappa shape index (κ3) is 4.51. The van der Waals surface area contributed by atoms with Crippen LogP contribution in [0.15, 0.2) is 45.3 Å². The van der Waals surface area contributed by atoms with Gasteiger partial charge in [0.1, 0.15) is 23.1 Å². The zero-order valence-electron chi connectivity index (χ0n) is 9.37. The van der Waals surface area contributed by atoms with Crippen LogP contribution >= 0.6 is 31.9 Å². The summed E-state index contributed by atoms with van der Waals surface area (Å²) in [7, 11) is 1.00. The first-order valence-corrected chi connectivity index (χ1v) is 6.69. The summed E-state index contributed by atoms with van der Waals surface area (Å²) in [5, 5.41) is 0. The molecule has 97 valence electrons. The van der Waals surface area contributed by atoms with Crippen molar-refractivity contribution in [2.24, 2.45) is 0 Å². The molecule has 0 aliphatic heterocycles. The Morgan fingerprint density at radius 3 is 1.53 bits per heavy atom. The third-order valence-electron chi connectivity index (χ3n) is 2.04. The van der Waals surface area contributed by atoms with Crippen molar-refractivity contribution in [2.75, 3.05) is 0 Å². The summed E-state index contributed by atoms with van der Waals surface area (Å²) in [6.07, 6.45) is 0. The number of rotatable bonds is 4. The van der Waals surface area contributed by atoms with Crippen molar-refractivity contribution < 1.29 is 18.1 Å². The van der Waals surface area contributed by atoms with E-state index in [1.54, 1.807) is 12.1 Å². The van der Waals surface area contributed by atoms with Crippen LogP contribution in [-0.2, 0) is 0 Å². The molecule has 0 bridgehead atoms. The SMILES string of the molecule is Fc1cc(Br)cc(O[B]Oc2cc(F)cc(Br)c2)c1. The van der Waals surface area contributed by atoms with Gasteiger partial charge in [-0.05, 0) is 24.3 Å². The van der Waals surface area contributed by atoms with Crippen LogP contribution in [0.1, 0.15) is 0 Å². The minimum absolute atomic E-state index is 0.266. The van der Waals surface area contributed by atoms with E-state index >= 15 is 0 Å². The lowest BCUT2D eigenvalue weighted by Crippen LogP contribution is -2.11. The molecule has 19 heavy (non-hydrogen) atoms. The molecule has 2 nitrogen and oxygen atoms in total. The van der Waals surface area contributed by atoms with Gasteiger partial charge in [-0.15, -0.1) is 0 Å². The molecule has 0 unspecified atom stereocenters. The Kier molecular flexibility index (Phi) is 4.82. The summed E-state index contributed by atoms with van der Waals surface area (Å²) in [6.45, 7) is 0. The Morgan fingerprint density at radius 2 is 1.16 bits per heavy atom. The van der Waals surface area contributed by atoms with Gasteiger partial charge in [-0.2, -0.15) is 0 Å². The van der Waals surface area contributed by atoms with Crippen LogP contribution in [0, 0.1) is 11.6 Å². The molecule has 0 fully saturated rings. The second-order valence-electron chi connectivity index (χ2n) is 3.54. The molecule has 0 atom stereocenters. The molecule has 2 aromatic carbocycles. The van der Waals surface area contributed by atoms with Gasteiger partial charge in [0.25, 0.3) is 0 Å². The van der Waals surface area contributed by atoms with Crippen molar-refractivity contribution in [1.82, 2.24) is 0 Å². The van der Waals surface area contributed by atoms with Crippen LogP contribution in [-0.4, -0.2) is 7.69 Å². The Hall–Kier alpha value is -1.08. The maximum atomic E-state index is 13.1. The van der Waals surface area contributed by atoms with E-state index in [0.717, 1.165) is 7.69 Å². The summed E-state index contributed by atoms with van der Waals surface area (Å²) in [5.41, 5.74) is 0.